The van der Waals surface area contributed by atoms with E-state index in [1.807, 2.05) is 6.92 Å². The molecule has 1 aliphatic rings. The van der Waals surface area contributed by atoms with Gasteiger partial charge in [0.15, 0.2) is 0 Å². The molecule has 1 nitrogen and oxygen atoms in total. The molecule has 0 amide bonds. The van der Waals surface area contributed by atoms with Crippen molar-refractivity contribution in [3.8, 4) is 0 Å². The molecule has 2 N–H and O–H groups in total. The van der Waals surface area contributed by atoms with Crippen molar-refractivity contribution in [1.82, 2.24) is 0 Å². The molecule has 5 heteroatoms. The maximum absolute atomic E-state index is 13.3. The van der Waals surface area contributed by atoms with Gasteiger partial charge in [0.25, 0.3) is 0 Å². The van der Waals surface area contributed by atoms with Gasteiger partial charge in [-0.2, -0.15) is 13.2 Å². The first-order chi connectivity index (χ1) is 8.72. The first-order valence-electron chi connectivity index (χ1n) is 6.38. The van der Waals surface area contributed by atoms with E-state index in [0.29, 0.717) is 24.3 Å². The molecule has 2 atom stereocenters. The zero-order valence-electron chi connectivity index (χ0n) is 10.7. The maximum atomic E-state index is 13.3. The predicted octanol–water partition coefficient (Wildman–Crippen LogP) is 4.21. The zero-order valence-corrected chi connectivity index (χ0v) is 10.7. The molecule has 0 bridgehead atoms. The summed E-state index contributed by atoms with van der Waals surface area (Å²) in [5.41, 5.74) is 4.62. The summed E-state index contributed by atoms with van der Waals surface area (Å²) in [7, 11) is 0. The highest BCUT2D eigenvalue weighted by Crippen LogP contribution is 2.40. The van der Waals surface area contributed by atoms with E-state index in [9.17, 15) is 17.6 Å². The molecule has 1 aliphatic carbocycles. The van der Waals surface area contributed by atoms with Crippen LogP contribution in [0.2, 0.25) is 0 Å². The first-order valence-corrected chi connectivity index (χ1v) is 6.38. The van der Waals surface area contributed by atoms with Crippen molar-refractivity contribution in [3.05, 3.63) is 35.1 Å². The quantitative estimate of drug-likeness (QED) is 0.763. The second-order valence-electron chi connectivity index (χ2n) is 5.55. The van der Waals surface area contributed by atoms with Crippen LogP contribution in [0.25, 0.3) is 0 Å². The summed E-state index contributed by atoms with van der Waals surface area (Å²) < 4.78 is 51.4. The highest BCUT2D eigenvalue weighted by molar-refractivity contribution is 5.32. The van der Waals surface area contributed by atoms with Crippen molar-refractivity contribution >= 4 is 0 Å². The molecule has 2 unspecified atom stereocenters. The number of halogens is 4. The monoisotopic (exact) mass is 275 g/mol. The smallest absolute Gasteiger partial charge is 0.321 e. The predicted molar refractivity (Wildman–Crippen MR) is 64.9 cm³/mol. The third-order valence-corrected chi connectivity index (χ3v) is 3.88. The summed E-state index contributed by atoms with van der Waals surface area (Å²) in [5, 5.41) is 0. The van der Waals surface area contributed by atoms with Crippen LogP contribution in [-0.4, -0.2) is 0 Å². The summed E-state index contributed by atoms with van der Waals surface area (Å²) in [6.07, 6.45) is -1.49. The topological polar surface area (TPSA) is 26.0 Å². The van der Waals surface area contributed by atoms with Crippen LogP contribution in [0.15, 0.2) is 18.2 Å². The first kappa shape index (κ1) is 14.3. The largest absolute Gasteiger partial charge is 0.419 e. The third-order valence-electron chi connectivity index (χ3n) is 3.88. The molecule has 0 saturated heterocycles. The average molecular weight is 275 g/mol. The van der Waals surface area contributed by atoms with Crippen molar-refractivity contribution in [1.29, 1.82) is 0 Å². The van der Waals surface area contributed by atoms with Crippen LogP contribution in [-0.2, 0) is 11.7 Å². The van der Waals surface area contributed by atoms with Gasteiger partial charge >= 0.3 is 6.18 Å². The summed E-state index contributed by atoms with van der Waals surface area (Å²) >= 11 is 0. The zero-order chi connectivity index (χ0) is 14.3. The fraction of sp³-hybridized carbons (Fsp3) is 0.571. The molecule has 1 fully saturated rings. The minimum atomic E-state index is -4.68. The highest BCUT2D eigenvalue weighted by Gasteiger charge is 2.38. The molecule has 2 rings (SSSR count). The van der Waals surface area contributed by atoms with Crippen molar-refractivity contribution in [2.75, 3.05) is 0 Å². The van der Waals surface area contributed by atoms with Gasteiger partial charge in [-0.05, 0) is 36.5 Å². The Labute approximate surface area is 109 Å². The number of nitrogens with two attached hydrogens (primary N) is 1. The lowest BCUT2D eigenvalue weighted by Gasteiger charge is -2.37. The molecule has 1 aromatic carbocycles. The van der Waals surface area contributed by atoms with E-state index in [4.69, 9.17) is 5.73 Å². The molecule has 0 spiro atoms. The molecule has 1 aromatic rings. The van der Waals surface area contributed by atoms with Crippen LogP contribution in [0.3, 0.4) is 0 Å². The lowest BCUT2D eigenvalue weighted by atomic mass is 9.73. The summed E-state index contributed by atoms with van der Waals surface area (Å²) in [4.78, 5) is 0. The minimum absolute atomic E-state index is 0.373. The number of rotatable bonds is 1. The fourth-order valence-electron chi connectivity index (χ4n) is 2.91. The molecule has 0 aliphatic heterocycles. The molecule has 1 saturated carbocycles. The maximum Gasteiger partial charge on any atom is 0.419 e. The van der Waals surface area contributed by atoms with E-state index in [1.54, 1.807) is 0 Å². The van der Waals surface area contributed by atoms with Crippen LogP contribution < -0.4 is 5.73 Å². The van der Waals surface area contributed by atoms with Crippen molar-refractivity contribution in [2.24, 2.45) is 11.7 Å². The Morgan fingerprint density at radius 1 is 1.32 bits per heavy atom. The summed E-state index contributed by atoms with van der Waals surface area (Å²) in [6, 6.07) is 3.11. The second-order valence-corrected chi connectivity index (χ2v) is 5.55. The molecular weight excluding hydrogens is 258 g/mol. The lowest BCUT2D eigenvalue weighted by Crippen LogP contribution is -2.41. The molecule has 106 valence electrons. The molecule has 0 heterocycles. The SMILES string of the molecule is CC1CCCC(N)(c2ccc(F)c(C(F)(F)F)c2)C1. The number of hydrogen-bond acceptors (Lipinski definition) is 1. The van der Waals surface area contributed by atoms with E-state index < -0.39 is 23.1 Å². The van der Waals surface area contributed by atoms with Gasteiger partial charge < -0.3 is 5.73 Å². The van der Waals surface area contributed by atoms with Crippen molar-refractivity contribution < 1.29 is 17.6 Å². The van der Waals surface area contributed by atoms with Gasteiger partial charge in [0.2, 0.25) is 0 Å². The van der Waals surface area contributed by atoms with E-state index in [2.05, 4.69) is 0 Å². The summed E-state index contributed by atoms with van der Waals surface area (Å²) in [6.45, 7) is 2.04. The van der Waals surface area contributed by atoms with Gasteiger partial charge in [-0.25, -0.2) is 4.39 Å². The van der Waals surface area contributed by atoms with Gasteiger partial charge in [-0.15, -0.1) is 0 Å². The van der Waals surface area contributed by atoms with E-state index >= 15 is 0 Å². The lowest BCUT2D eigenvalue weighted by molar-refractivity contribution is -0.140. The molecule has 0 aromatic heterocycles. The number of benzene rings is 1. The third kappa shape index (κ3) is 2.91. The molecular formula is C14H17F4N. The van der Waals surface area contributed by atoms with Crippen LogP contribution in [0.4, 0.5) is 17.6 Å². The van der Waals surface area contributed by atoms with Gasteiger partial charge in [0.05, 0.1) is 5.56 Å². The molecule has 19 heavy (non-hydrogen) atoms. The summed E-state index contributed by atoms with van der Waals surface area (Å²) in [5.74, 6) is -0.873. The Kier molecular flexibility index (Phi) is 3.60. The second kappa shape index (κ2) is 4.78. The van der Waals surface area contributed by atoms with E-state index in [0.717, 1.165) is 25.0 Å². The van der Waals surface area contributed by atoms with Crippen LogP contribution in [0.5, 0.6) is 0 Å². The molecule has 0 radical (unpaired) electrons. The van der Waals surface area contributed by atoms with Gasteiger partial charge in [0, 0.05) is 5.54 Å². The average Bonchev–Trinajstić information content (AvgIpc) is 2.27. The minimum Gasteiger partial charge on any atom is -0.321 e. The fourth-order valence-corrected chi connectivity index (χ4v) is 2.91. The Morgan fingerprint density at radius 2 is 2.00 bits per heavy atom. The van der Waals surface area contributed by atoms with Gasteiger partial charge in [-0.1, -0.05) is 25.8 Å². The van der Waals surface area contributed by atoms with Crippen LogP contribution in [0, 0.1) is 11.7 Å². The Bertz CT molecular complexity index is 469. The van der Waals surface area contributed by atoms with E-state index in [-0.39, 0.29) is 0 Å². The van der Waals surface area contributed by atoms with Crippen LogP contribution >= 0.6 is 0 Å². The Morgan fingerprint density at radius 3 is 2.58 bits per heavy atom. The van der Waals surface area contributed by atoms with Crippen molar-refractivity contribution in [3.63, 3.8) is 0 Å². The number of alkyl halides is 3. The highest BCUT2D eigenvalue weighted by atomic mass is 19.4. The van der Waals surface area contributed by atoms with E-state index in [1.165, 1.54) is 6.07 Å². The Balaban J connectivity index is 2.40. The normalized spacial score (nSPS) is 28.4. The van der Waals surface area contributed by atoms with Gasteiger partial charge in [0.1, 0.15) is 5.82 Å². The van der Waals surface area contributed by atoms with Gasteiger partial charge in [-0.3, -0.25) is 0 Å². The van der Waals surface area contributed by atoms with Crippen LogP contribution in [0.1, 0.15) is 43.7 Å². The van der Waals surface area contributed by atoms with Crippen molar-refractivity contribution in [2.45, 2.75) is 44.3 Å². The Hall–Kier alpha value is -1.10. The standard InChI is InChI=1S/C14H17F4N/c1-9-3-2-6-13(19,8-9)10-4-5-12(15)11(7-10)14(16,17)18/h4-5,7,9H,2-3,6,8,19H2,1H3. The number of hydrogen-bond donors (Lipinski definition) is 1.